The van der Waals surface area contributed by atoms with Crippen LogP contribution in [-0.2, 0) is 15.1 Å². The molecule has 4 aliphatic rings. The molecule has 0 radical (unpaired) electrons. The zero-order valence-corrected chi connectivity index (χ0v) is 15.7. The van der Waals surface area contributed by atoms with Gasteiger partial charge in [0.05, 0.1) is 17.8 Å². The van der Waals surface area contributed by atoms with Crippen LogP contribution in [0.5, 0.6) is 0 Å². The Hall–Kier alpha value is 0.0664. The molecule has 120 valence electrons. The van der Waals surface area contributed by atoms with Gasteiger partial charge in [0.15, 0.2) is 0 Å². The number of carboxylic acid groups (broad SMARTS) is 1. The third kappa shape index (κ3) is 2.83. The topological polar surface area (TPSA) is 67.2 Å². The van der Waals surface area contributed by atoms with Gasteiger partial charge in [-0.15, -0.1) is 13.2 Å². The summed E-state index contributed by atoms with van der Waals surface area (Å²) in [5.74, 6) is -0.962. The van der Waals surface area contributed by atoms with Crippen LogP contribution in [0, 0.1) is 5.41 Å². The molecule has 0 aliphatic heterocycles. The summed E-state index contributed by atoms with van der Waals surface area (Å²) in [6.45, 7) is 0. The fraction of sp³-hybridized carbons (Fsp3) is 0.714. The van der Waals surface area contributed by atoms with Crippen LogP contribution in [0.2, 0.25) is 0 Å². The molecule has 0 saturated heterocycles. The molecule has 0 amide bonds. The van der Waals surface area contributed by atoms with E-state index in [0.29, 0.717) is 32.1 Å². The molecule has 2 bridgehead atoms. The van der Waals surface area contributed by atoms with Gasteiger partial charge in [0.25, 0.3) is 0 Å². The Morgan fingerprint density at radius 2 is 1.96 bits per heavy atom. The second kappa shape index (κ2) is 5.53. The van der Waals surface area contributed by atoms with Gasteiger partial charge >= 0.3 is 57.7 Å². The monoisotopic (exact) mass is 354 g/mol. The summed E-state index contributed by atoms with van der Waals surface area (Å²) < 4.78 is 42.0. The zero-order valence-electron chi connectivity index (χ0n) is 12.6. The first kappa shape index (κ1) is 17.9. The van der Waals surface area contributed by atoms with Crippen molar-refractivity contribution in [1.82, 2.24) is 9.78 Å². The molecular weight excluding hydrogens is 340 g/mol. The number of carboxylic acids is 1. The number of hydrogen-bond donors (Lipinski definition) is 0. The van der Waals surface area contributed by atoms with E-state index < -0.39 is 23.9 Å². The van der Waals surface area contributed by atoms with Crippen LogP contribution < -0.4 is 56.5 Å². The molecule has 5 rings (SSSR count). The van der Waals surface area contributed by atoms with Crippen LogP contribution in [0.4, 0.5) is 13.2 Å². The van der Waals surface area contributed by atoms with E-state index in [4.69, 9.17) is 0 Å². The van der Waals surface area contributed by atoms with E-state index in [1.54, 1.807) is 10.9 Å². The molecule has 0 unspecified atom stereocenters. The first-order chi connectivity index (χ1) is 10.2. The molecular formula is C14H14F3KN2O3. The molecule has 4 fully saturated rings. The first-order valence-corrected chi connectivity index (χ1v) is 7.23. The molecule has 0 N–H and O–H groups in total. The van der Waals surface area contributed by atoms with Crippen molar-refractivity contribution in [2.45, 2.75) is 56.0 Å². The molecule has 1 aromatic heterocycles. The van der Waals surface area contributed by atoms with E-state index in [9.17, 15) is 23.1 Å². The average molecular weight is 354 g/mol. The van der Waals surface area contributed by atoms with Gasteiger partial charge in [-0.25, -0.2) is 0 Å². The van der Waals surface area contributed by atoms with Gasteiger partial charge < -0.3 is 9.90 Å². The number of halogens is 3. The summed E-state index contributed by atoms with van der Waals surface area (Å²) in [6.07, 6.45) is 0.431. The number of hydrogen-bond acceptors (Lipinski definition) is 4. The third-order valence-electron chi connectivity index (χ3n) is 5.39. The Bertz CT molecular complexity index is 620. The third-order valence-corrected chi connectivity index (χ3v) is 5.39. The van der Waals surface area contributed by atoms with E-state index in [1.165, 1.54) is 0 Å². The maximum atomic E-state index is 12.1. The number of alkyl halides is 3. The van der Waals surface area contributed by atoms with E-state index >= 15 is 0 Å². The summed E-state index contributed by atoms with van der Waals surface area (Å²) in [5, 5.41) is 15.3. The predicted octanol–water partition coefficient (Wildman–Crippen LogP) is -1.70. The van der Waals surface area contributed by atoms with E-state index in [2.05, 4.69) is 9.84 Å². The van der Waals surface area contributed by atoms with Crippen LogP contribution in [-0.4, -0.2) is 28.2 Å². The van der Waals surface area contributed by atoms with Gasteiger partial charge in [0.2, 0.25) is 0 Å². The van der Waals surface area contributed by atoms with Crippen molar-refractivity contribution in [3.63, 3.8) is 0 Å². The minimum absolute atomic E-state index is 0. The van der Waals surface area contributed by atoms with Crippen LogP contribution in [0.25, 0.3) is 0 Å². The van der Waals surface area contributed by atoms with Crippen molar-refractivity contribution in [2.75, 3.05) is 0 Å². The van der Waals surface area contributed by atoms with Crippen molar-refractivity contribution < 1.29 is 79.2 Å². The maximum absolute atomic E-state index is 12.1. The Morgan fingerprint density at radius 3 is 2.48 bits per heavy atom. The number of aliphatic carboxylic acids is 1. The minimum Gasteiger partial charge on any atom is -0.550 e. The van der Waals surface area contributed by atoms with Crippen LogP contribution in [0.15, 0.2) is 12.4 Å². The molecule has 4 saturated carbocycles. The number of carbonyl (C=O) groups excluding carboxylic acids is 1. The van der Waals surface area contributed by atoms with Gasteiger partial charge in [-0.3, -0.25) is 9.42 Å². The predicted molar refractivity (Wildman–Crippen MR) is 64.4 cm³/mol. The smallest absolute Gasteiger partial charge is 0.550 e. The van der Waals surface area contributed by atoms with E-state index in [-0.39, 0.29) is 62.8 Å². The summed E-state index contributed by atoms with van der Waals surface area (Å²) in [7, 11) is 0. The summed E-state index contributed by atoms with van der Waals surface area (Å²) in [6, 6.07) is 0. The second-order valence-corrected chi connectivity index (χ2v) is 6.89. The molecule has 4 aliphatic carbocycles. The number of ether oxygens (including phenoxy) is 1. The van der Waals surface area contributed by atoms with Gasteiger partial charge in [-0.05, 0) is 43.6 Å². The van der Waals surface area contributed by atoms with Crippen molar-refractivity contribution in [3.8, 4) is 0 Å². The SMILES string of the molecule is O=C([O-])C12CC(n3cc([C@H]4C[C@@H](OC(F)(F)F)C4)cn3)(C1)C2.[K+]. The Kier molecular flexibility index (Phi) is 4.30. The number of nitrogens with zero attached hydrogens (tertiary/aromatic N) is 2. The van der Waals surface area contributed by atoms with Crippen molar-refractivity contribution in [1.29, 1.82) is 0 Å². The summed E-state index contributed by atoms with van der Waals surface area (Å²) in [4.78, 5) is 11.0. The number of carbonyl (C=O) groups is 1. The van der Waals surface area contributed by atoms with Gasteiger partial charge in [-0.2, -0.15) is 5.10 Å². The molecule has 23 heavy (non-hydrogen) atoms. The maximum Gasteiger partial charge on any atom is 1.00 e. The summed E-state index contributed by atoms with van der Waals surface area (Å²) >= 11 is 0. The fourth-order valence-corrected chi connectivity index (χ4v) is 4.12. The van der Waals surface area contributed by atoms with Crippen LogP contribution >= 0.6 is 0 Å². The normalized spacial score (nSPS) is 37.9. The van der Waals surface area contributed by atoms with Crippen LogP contribution in [0.3, 0.4) is 0 Å². The number of rotatable bonds is 4. The molecule has 1 heterocycles. The Morgan fingerprint density at radius 1 is 1.35 bits per heavy atom. The fourth-order valence-electron chi connectivity index (χ4n) is 4.12. The van der Waals surface area contributed by atoms with Crippen molar-refractivity contribution in [3.05, 3.63) is 18.0 Å². The standard InChI is InChI=1S/C14H15F3N2O3.K/c15-14(16,17)22-10-1-8(2-10)9-3-18-19(4-9)13-5-12(6-13,7-13)11(20)21;/h3-4,8,10H,1-2,5-7H2,(H,20,21);/q;+1/p-1/t8-,10+,12?,13?;. The van der Waals surface area contributed by atoms with Crippen molar-refractivity contribution in [2.24, 2.45) is 5.41 Å². The van der Waals surface area contributed by atoms with Crippen LogP contribution in [0.1, 0.15) is 43.6 Å². The van der Waals surface area contributed by atoms with Crippen molar-refractivity contribution >= 4 is 5.97 Å². The molecule has 1 aromatic rings. The quantitative estimate of drug-likeness (QED) is 0.605. The molecule has 0 atom stereocenters. The Labute approximate surface area is 173 Å². The van der Waals surface area contributed by atoms with Gasteiger partial charge in [0.1, 0.15) is 0 Å². The van der Waals surface area contributed by atoms with Gasteiger partial charge in [0, 0.05) is 17.6 Å². The molecule has 0 aromatic carbocycles. The van der Waals surface area contributed by atoms with Gasteiger partial charge in [-0.1, -0.05) is 0 Å². The number of aromatic nitrogens is 2. The largest absolute Gasteiger partial charge is 1.00 e. The minimum atomic E-state index is -4.58. The summed E-state index contributed by atoms with van der Waals surface area (Å²) in [5.41, 5.74) is 0.00674. The first-order valence-electron chi connectivity index (χ1n) is 7.23. The molecule has 0 spiro atoms. The molecule has 5 nitrogen and oxygen atoms in total. The zero-order chi connectivity index (χ0) is 15.8. The Balaban J connectivity index is 0.00000156. The average Bonchev–Trinajstić information content (AvgIpc) is 2.66. The second-order valence-electron chi connectivity index (χ2n) is 6.89. The van der Waals surface area contributed by atoms with E-state index in [0.717, 1.165) is 5.56 Å². The van der Waals surface area contributed by atoms with E-state index in [1.807, 2.05) is 6.20 Å². The molecule has 9 heteroatoms.